The molecule has 4 atom stereocenters. The Morgan fingerprint density at radius 2 is 1.55 bits per heavy atom. The maximum absolute atomic E-state index is 12.7. The molecule has 2 bridgehead atoms. The van der Waals surface area contributed by atoms with Crippen LogP contribution in [0.1, 0.15) is 60.4 Å². The van der Waals surface area contributed by atoms with Gasteiger partial charge in [0.2, 0.25) is 0 Å². The molecule has 4 unspecified atom stereocenters. The molecular weight excluding hydrogens is 244 g/mol. The van der Waals surface area contributed by atoms with Crippen molar-refractivity contribution in [3.8, 4) is 0 Å². The summed E-state index contributed by atoms with van der Waals surface area (Å²) in [5.74, 6) is 4.96. The molecule has 1 heteroatoms. The van der Waals surface area contributed by atoms with Gasteiger partial charge in [-0.25, -0.2) is 0 Å². The lowest BCUT2D eigenvalue weighted by atomic mass is 9.80. The summed E-state index contributed by atoms with van der Waals surface area (Å²) in [6.07, 6.45) is 8.28. The monoisotopic (exact) mass is 266 g/mol. The van der Waals surface area contributed by atoms with Gasteiger partial charge in [-0.1, -0.05) is 30.7 Å². The van der Waals surface area contributed by atoms with E-state index in [1.54, 1.807) is 0 Å². The zero-order valence-electron chi connectivity index (χ0n) is 11.9. The first-order valence-corrected chi connectivity index (χ1v) is 8.47. The lowest BCUT2D eigenvalue weighted by Gasteiger charge is -2.25. The Morgan fingerprint density at radius 1 is 0.900 bits per heavy atom. The van der Waals surface area contributed by atoms with Crippen LogP contribution in [0.15, 0.2) is 24.3 Å². The van der Waals surface area contributed by atoms with Crippen LogP contribution in [0.2, 0.25) is 0 Å². The molecule has 0 N–H and O–H groups in total. The van der Waals surface area contributed by atoms with Crippen LogP contribution < -0.4 is 0 Å². The normalized spacial score (nSPS) is 41.3. The van der Waals surface area contributed by atoms with E-state index in [0.29, 0.717) is 11.7 Å². The van der Waals surface area contributed by atoms with E-state index >= 15 is 0 Å². The smallest absolute Gasteiger partial charge is 0.166 e. The summed E-state index contributed by atoms with van der Waals surface area (Å²) in [4.78, 5) is 12.7. The second-order valence-corrected chi connectivity index (χ2v) is 7.63. The van der Waals surface area contributed by atoms with Gasteiger partial charge in [0.15, 0.2) is 5.78 Å². The lowest BCUT2D eigenvalue weighted by Crippen LogP contribution is -2.11. The minimum Gasteiger partial charge on any atom is -0.294 e. The number of ketones is 1. The molecule has 4 saturated carbocycles. The predicted octanol–water partition coefficient (Wildman–Crippen LogP) is 4.43. The van der Waals surface area contributed by atoms with E-state index in [1.165, 1.54) is 44.1 Å². The van der Waals surface area contributed by atoms with Crippen LogP contribution in [0.4, 0.5) is 0 Å². The summed E-state index contributed by atoms with van der Waals surface area (Å²) < 4.78 is 0. The van der Waals surface area contributed by atoms with Gasteiger partial charge in [-0.15, -0.1) is 0 Å². The van der Waals surface area contributed by atoms with Crippen LogP contribution in [0.25, 0.3) is 0 Å². The molecule has 1 aromatic rings. The first-order valence-electron chi connectivity index (χ1n) is 8.47. The van der Waals surface area contributed by atoms with Gasteiger partial charge in [-0.05, 0) is 67.3 Å². The van der Waals surface area contributed by atoms with Crippen molar-refractivity contribution in [1.82, 2.24) is 0 Å². The van der Waals surface area contributed by atoms with Gasteiger partial charge in [0.1, 0.15) is 0 Å². The van der Waals surface area contributed by atoms with Crippen LogP contribution in [-0.4, -0.2) is 5.78 Å². The van der Waals surface area contributed by atoms with Gasteiger partial charge in [0, 0.05) is 11.5 Å². The van der Waals surface area contributed by atoms with E-state index in [-0.39, 0.29) is 0 Å². The summed E-state index contributed by atoms with van der Waals surface area (Å²) in [6, 6.07) is 8.63. The highest BCUT2D eigenvalue weighted by molar-refractivity contribution is 6.00. The molecule has 1 nitrogen and oxygen atoms in total. The predicted molar refractivity (Wildman–Crippen MR) is 78.7 cm³/mol. The van der Waals surface area contributed by atoms with Crippen molar-refractivity contribution in [2.45, 2.75) is 44.4 Å². The minimum atomic E-state index is 0.399. The van der Waals surface area contributed by atoms with Crippen molar-refractivity contribution in [3.63, 3.8) is 0 Å². The summed E-state index contributed by atoms with van der Waals surface area (Å²) in [5.41, 5.74) is 2.43. The second-order valence-electron chi connectivity index (χ2n) is 7.63. The molecule has 104 valence electrons. The fourth-order valence-corrected chi connectivity index (χ4v) is 5.53. The molecule has 1 aromatic carbocycles. The number of carbonyl (C=O) groups is 1. The van der Waals surface area contributed by atoms with E-state index in [1.807, 2.05) is 0 Å². The Labute approximate surface area is 120 Å². The number of benzene rings is 1. The van der Waals surface area contributed by atoms with Crippen molar-refractivity contribution >= 4 is 5.78 Å². The molecule has 0 heterocycles. The van der Waals surface area contributed by atoms with Gasteiger partial charge in [0.25, 0.3) is 0 Å². The van der Waals surface area contributed by atoms with Gasteiger partial charge < -0.3 is 0 Å². The van der Waals surface area contributed by atoms with Gasteiger partial charge >= 0.3 is 0 Å². The first-order chi connectivity index (χ1) is 9.83. The molecule has 0 saturated heterocycles. The highest BCUT2D eigenvalue weighted by Gasteiger charge is 2.67. The number of hydrogen-bond acceptors (Lipinski definition) is 1. The number of Topliss-reactive ketones (excluding diaryl/α,β-unsaturated/α-hetero) is 1. The van der Waals surface area contributed by atoms with E-state index < -0.39 is 0 Å². The summed E-state index contributed by atoms with van der Waals surface area (Å²) in [6.45, 7) is 0. The Kier molecular flexibility index (Phi) is 2.29. The lowest BCUT2D eigenvalue weighted by molar-refractivity contribution is 0.0944. The molecule has 4 fully saturated rings. The van der Waals surface area contributed by atoms with Crippen molar-refractivity contribution in [1.29, 1.82) is 0 Å². The molecule has 4 aliphatic carbocycles. The zero-order chi connectivity index (χ0) is 13.3. The van der Waals surface area contributed by atoms with E-state index in [9.17, 15) is 4.79 Å². The average molecular weight is 266 g/mol. The van der Waals surface area contributed by atoms with Crippen LogP contribution in [0.5, 0.6) is 0 Å². The largest absolute Gasteiger partial charge is 0.294 e. The molecular formula is C19H22O. The van der Waals surface area contributed by atoms with Crippen LogP contribution in [0.3, 0.4) is 0 Å². The highest BCUT2D eigenvalue weighted by atomic mass is 16.1. The Morgan fingerprint density at radius 3 is 2.10 bits per heavy atom. The third-order valence-corrected chi connectivity index (χ3v) is 6.81. The summed E-state index contributed by atoms with van der Waals surface area (Å²) >= 11 is 0. The van der Waals surface area contributed by atoms with Crippen LogP contribution in [-0.2, 0) is 0 Å². The Hall–Kier alpha value is -1.11. The maximum Gasteiger partial charge on any atom is 0.166 e. The first kappa shape index (κ1) is 11.5. The number of fused-ring (bicyclic) bond motifs is 5. The molecule has 4 aliphatic rings. The molecule has 0 radical (unpaired) electrons. The van der Waals surface area contributed by atoms with Gasteiger partial charge in [0.05, 0.1) is 0 Å². The average Bonchev–Trinajstić information content (AvgIpc) is 2.84. The summed E-state index contributed by atoms with van der Waals surface area (Å²) in [7, 11) is 0. The fourth-order valence-electron chi connectivity index (χ4n) is 5.53. The maximum atomic E-state index is 12.7. The minimum absolute atomic E-state index is 0.399. The molecule has 20 heavy (non-hydrogen) atoms. The van der Waals surface area contributed by atoms with Crippen LogP contribution >= 0.6 is 0 Å². The third-order valence-electron chi connectivity index (χ3n) is 6.81. The van der Waals surface area contributed by atoms with Crippen molar-refractivity contribution in [2.75, 3.05) is 0 Å². The van der Waals surface area contributed by atoms with Gasteiger partial charge in [-0.3, -0.25) is 4.79 Å². The molecule has 0 amide bonds. The van der Waals surface area contributed by atoms with Crippen molar-refractivity contribution in [3.05, 3.63) is 35.4 Å². The number of hydrogen-bond donors (Lipinski definition) is 0. The number of rotatable bonds is 3. The van der Waals surface area contributed by atoms with E-state index in [2.05, 4.69) is 24.3 Å². The fraction of sp³-hybridized carbons (Fsp3) is 0.632. The highest BCUT2D eigenvalue weighted by Crippen LogP contribution is 2.69. The number of carbonyl (C=O) groups excluding carboxylic acids is 1. The third kappa shape index (κ3) is 1.47. The van der Waals surface area contributed by atoms with Crippen LogP contribution in [0, 0.1) is 29.6 Å². The molecule has 0 aromatic heterocycles. The van der Waals surface area contributed by atoms with Crippen molar-refractivity contribution in [2.24, 2.45) is 29.6 Å². The SMILES string of the molecule is O=C(c1ccc(C2CCC2)cc1)C1C2C3CCC(C3)C12. The van der Waals surface area contributed by atoms with Crippen molar-refractivity contribution < 1.29 is 4.79 Å². The molecule has 0 aliphatic heterocycles. The zero-order valence-corrected chi connectivity index (χ0v) is 11.9. The molecule has 0 spiro atoms. The second kappa shape index (κ2) is 3.96. The Balaban J connectivity index is 1.34. The standard InChI is InChI=1S/C19H22O/c20-19(18-16-14-8-9-15(10-14)17(16)18)13-6-4-12(5-7-13)11-2-1-3-11/h4-7,11,14-18H,1-3,8-10H2. The van der Waals surface area contributed by atoms with E-state index in [0.717, 1.165) is 35.2 Å². The topological polar surface area (TPSA) is 17.1 Å². The van der Waals surface area contributed by atoms with Gasteiger partial charge in [-0.2, -0.15) is 0 Å². The van der Waals surface area contributed by atoms with E-state index in [4.69, 9.17) is 0 Å². The summed E-state index contributed by atoms with van der Waals surface area (Å²) in [5, 5.41) is 0. The quantitative estimate of drug-likeness (QED) is 0.740. The Bertz CT molecular complexity index is 538. The molecule has 5 rings (SSSR count).